The fourth-order valence-corrected chi connectivity index (χ4v) is 3.19. The van der Waals surface area contributed by atoms with Gasteiger partial charge in [0, 0.05) is 25.2 Å². The Morgan fingerprint density at radius 3 is 2.64 bits per heavy atom. The van der Waals surface area contributed by atoms with Gasteiger partial charge in [-0.1, -0.05) is 11.6 Å². The predicted molar refractivity (Wildman–Crippen MR) is 85.0 cm³/mol. The van der Waals surface area contributed by atoms with Gasteiger partial charge in [0.25, 0.3) is 0 Å². The summed E-state index contributed by atoms with van der Waals surface area (Å²) in [7, 11) is 1.95. The van der Waals surface area contributed by atoms with Crippen LogP contribution in [0, 0.1) is 11.3 Å². The SMILES string of the molecule is Cn1ccc([C@H]2CC[C@H](Oc3ccc(C#N)c(Cl)c3)CC2)n1. The van der Waals surface area contributed by atoms with Crippen molar-refractivity contribution in [3.8, 4) is 11.8 Å². The highest BCUT2D eigenvalue weighted by molar-refractivity contribution is 6.31. The number of halogens is 1. The maximum Gasteiger partial charge on any atom is 0.121 e. The standard InChI is InChI=1S/C17H18ClN3O/c1-21-9-8-17(20-21)12-2-5-14(6-3-12)22-15-7-4-13(11-19)16(18)10-15/h4,7-10,12,14H,2-3,5-6H2,1H3/t12-,14-. The molecule has 1 saturated carbocycles. The molecule has 1 heterocycles. The zero-order valence-electron chi connectivity index (χ0n) is 12.5. The van der Waals surface area contributed by atoms with Crippen LogP contribution in [0.4, 0.5) is 0 Å². The molecule has 0 atom stereocenters. The second-order valence-corrected chi connectivity index (χ2v) is 6.17. The van der Waals surface area contributed by atoms with Crippen molar-refractivity contribution in [2.75, 3.05) is 0 Å². The monoisotopic (exact) mass is 315 g/mol. The highest BCUT2D eigenvalue weighted by Crippen LogP contribution is 2.34. The minimum Gasteiger partial charge on any atom is -0.490 e. The van der Waals surface area contributed by atoms with Crippen LogP contribution >= 0.6 is 11.6 Å². The van der Waals surface area contributed by atoms with Crippen LogP contribution in [0.2, 0.25) is 5.02 Å². The summed E-state index contributed by atoms with van der Waals surface area (Å²) in [6.45, 7) is 0. The molecule has 4 nitrogen and oxygen atoms in total. The average Bonchev–Trinajstić information content (AvgIpc) is 2.95. The maximum absolute atomic E-state index is 8.89. The van der Waals surface area contributed by atoms with E-state index in [0.29, 0.717) is 16.5 Å². The molecular formula is C17H18ClN3O. The molecule has 0 saturated heterocycles. The highest BCUT2D eigenvalue weighted by atomic mass is 35.5. The lowest BCUT2D eigenvalue weighted by Gasteiger charge is -2.28. The summed E-state index contributed by atoms with van der Waals surface area (Å²) in [6, 6.07) is 9.41. The van der Waals surface area contributed by atoms with Crippen molar-refractivity contribution in [3.63, 3.8) is 0 Å². The van der Waals surface area contributed by atoms with Crippen LogP contribution in [0.15, 0.2) is 30.5 Å². The first kappa shape index (κ1) is 14.9. The number of aryl methyl sites for hydroxylation is 1. The van der Waals surface area contributed by atoms with Crippen LogP contribution in [0.5, 0.6) is 5.75 Å². The lowest BCUT2D eigenvalue weighted by atomic mass is 9.85. The molecule has 0 N–H and O–H groups in total. The number of ether oxygens (including phenoxy) is 1. The minimum atomic E-state index is 0.212. The van der Waals surface area contributed by atoms with Crippen LogP contribution in [-0.2, 0) is 7.05 Å². The van der Waals surface area contributed by atoms with Crippen LogP contribution in [0.25, 0.3) is 0 Å². The summed E-state index contributed by atoms with van der Waals surface area (Å²) in [5, 5.41) is 13.8. The molecule has 1 fully saturated rings. The van der Waals surface area contributed by atoms with Crippen molar-refractivity contribution in [1.29, 1.82) is 5.26 Å². The molecule has 2 aromatic rings. The number of rotatable bonds is 3. The minimum absolute atomic E-state index is 0.212. The number of nitriles is 1. The lowest BCUT2D eigenvalue weighted by Crippen LogP contribution is -2.23. The lowest BCUT2D eigenvalue weighted by molar-refractivity contribution is 0.145. The zero-order chi connectivity index (χ0) is 15.5. The molecule has 22 heavy (non-hydrogen) atoms. The summed E-state index contributed by atoms with van der Waals surface area (Å²) in [4.78, 5) is 0. The fraction of sp³-hybridized carbons (Fsp3) is 0.412. The van der Waals surface area contributed by atoms with E-state index in [0.717, 1.165) is 31.4 Å². The molecule has 3 rings (SSSR count). The highest BCUT2D eigenvalue weighted by Gasteiger charge is 2.25. The summed E-state index contributed by atoms with van der Waals surface area (Å²) in [5.41, 5.74) is 1.66. The second-order valence-electron chi connectivity index (χ2n) is 5.76. The van der Waals surface area contributed by atoms with Crippen LogP contribution < -0.4 is 4.74 Å². The number of aromatic nitrogens is 2. The number of benzene rings is 1. The van der Waals surface area contributed by atoms with Gasteiger partial charge < -0.3 is 4.74 Å². The van der Waals surface area contributed by atoms with Crippen LogP contribution in [0.1, 0.15) is 42.9 Å². The van der Waals surface area contributed by atoms with Gasteiger partial charge in [-0.05, 0) is 43.9 Å². The van der Waals surface area contributed by atoms with E-state index in [2.05, 4.69) is 17.2 Å². The Hall–Kier alpha value is -1.99. The van der Waals surface area contributed by atoms with Gasteiger partial charge in [-0.25, -0.2) is 0 Å². The number of nitrogens with zero attached hydrogens (tertiary/aromatic N) is 3. The molecule has 0 spiro atoms. The average molecular weight is 316 g/mol. The molecule has 114 valence electrons. The molecular weight excluding hydrogens is 298 g/mol. The van der Waals surface area contributed by atoms with Crippen molar-refractivity contribution in [2.45, 2.75) is 37.7 Å². The van der Waals surface area contributed by atoms with E-state index in [9.17, 15) is 0 Å². The Balaban J connectivity index is 1.58. The van der Waals surface area contributed by atoms with E-state index < -0.39 is 0 Å². The Kier molecular flexibility index (Phi) is 4.35. The van der Waals surface area contributed by atoms with Crippen molar-refractivity contribution >= 4 is 11.6 Å². The van der Waals surface area contributed by atoms with Gasteiger partial charge >= 0.3 is 0 Å². The van der Waals surface area contributed by atoms with E-state index in [1.54, 1.807) is 12.1 Å². The molecule has 1 aliphatic carbocycles. The zero-order valence-corrected chi connectivity index (χ0v) is 13.3. The van der Waals surface area contributed by atoms with Gasteiger partial charge in [0.1, 0.15) is 11.8 Å². The third kappa shape index (κ3) is 3.26. The van der Waals surface area contributed by atoms with Gasteiger partial charge in [-0.2, -0.15) is 10.4 Å². The van der Waals surface area contributed by atoms with E-state index in [1.807, 2.05) is 24.0 Å². The Morgan fingerprint density at radius 2 is 2.05 bits per heavy atom. The van der Waals surface area contributed by atoms with E-state index in [1.165, 1.54) is 5.69 Å². The van der Waals surface area contributed by atoms with E-state index in [-0.39, 0.29) is 6.10 Å². The first-order chi connectivity index (χ1) is 10.7. The summed E-state index contributed by atoms with van der Waals surface area (Å²) in [5.74, 6) is 1.27. The van der Waals surface area contributed by atoms with Gasteiger partial charge in [0.05, 0.1) is 22.4 Å². The summed E-state index contributed by atoms with van der Waals surface area (Å²) in [6.07, 6.45) is 6.41. The fourth-order valence-electron chi connectivity index (χ4n) is 2.98. The quantitative estimate of drug-likeness (QED) is 0.858. The van der Waals surface area contributed by atoms with Crippen molar-refractivity contribution in [2.24, 2.45) is 7.05 Å². The van der Waals surface area contributed by atoms with E-state index >= 15 is 0 Å². The maximum atomic E-state index is 8.89. The van der Waals surface area contributed by atoms with Gasteiger partial charge in [-0.15, -0.1) is 0 Å². The third-order valence-electron chi connectivity index (χ3n) is 4.19. The Labute approximate surface area is 135 Å². The topological polar surface area (TPSA) is 50.8 Å². The predicted octanol–water partition coefficient (Wildman–Crippen LogP) is 4.05. The normalized spacial score (nSPS) is 21.3. The van der Waals surface area contributed by atoms with Gasteiger partial charge in [0.2, 0.25) is 0 Å². The largest absolute Gasteiger partial charge is 0.490 e. The van der Waals surface area contributed by atoms with Crippen molar-refractivity contribution in [3.05, 3.63) is 46.7 Å². The smallest absolute Gasteiger partial charge is 0.121 e. The van der Waals surface area contributed by atoms with Crippen LogP contribution in [0.3, 0.4) is 0 Å². The molecule has 1 aromatic carbocycles. The Bertz CT molecular complexity index is 696. The first-order valence-electron chi connectivity index (χ1n) is 7.51. The summed E-state index contributed by atoms with van der Waals surface area (Å²) < 4.78 is 7.86. The molecule has 5 heteroatoms. The molecule has 0 radical (unpaired) electrons. The molecule has 1 aromatic heterocycles. The molecule has 0 unspecified atom stereocenters. The Morgan fingerprint density at radius 1 is 1.27 bits per heavy atom. The number of hydrogen-bond donors (Lipinski definition) is 0. The molecule has 0 bridgehead atoms. The summed E-state index contributed by atoms with van der Waals surface area (Å²) >= 11 is 6.04. The van der Waals surface area contributed by atoms with E-state index in [4.69, 9.17) is 21.6 Å². The number of hydrogen-bond acceptors (Lipinski definition) is 3. The first-order valence-corrected chi connectivity index (χ1v) is 7.89. The van der Waals surface area contributed by atoms with Crippen LogP contribution in [-0.4, -0.2) is 15.9 Å². The molecule has 0 aliphatic heterocycles. The molecule has 0 amide bonds. The second kappa shape index (κ2) is 6.41. The van der Waals surface area contributed by atoms with Crippen molar-refractivity contribution in [1.82, 2.24) is 9.78 Å². The molecule has 1 aliphatic rings. The van der Waals surface area contributed by atoms with Gasteiger partial charge in [-0.3, -0.25) is 4.68 Å². The van der Waals surface area contributed by atoms with Crippen molar-refractivity contribution < 1.29 is 4.74 Å². The third-order valence-corrected chi connectivity index (χ3v) is 4.50. The van der Waals surface area contributed by atoms with Gasteiger partial charge in [0.15, 0.2) is 0 Å².